The Hall–Kier alpha value is -0.430. The van der Waals surface area contributed by atoms with Crippen molar-refractivity contribution < 1.29 is 8.42 Å². The van der Waals surface area contributed by atoms with Gasteiger partial charge in [-0.05, 0) is 49.8 Å². The van der Waals surface area contributed by atoms with Gasteiger partial charge in [0.2, 0.25) is 10.0 Å². The van der Waals surface area contributed by atoms with E-state index in [2.05, 4.69) is 23.9 Å². The number of hydrogen-bond donors (Lipinski definition) is 2. The maximum atomic E-state index is 12.4. The number of sulfonamides is 1. The second kappa shape index (κ2) is 7.22. The van der Waals surface area contributed by atoms with Gasteiger partial charge in [-0.2, -0.15) is 0 Å². The summed E-state index contributed by atoms with van der Waals surface area (Å²) in [5.74, 6) is 0. The smallest absolute Gasteiger partial charge is 0.250 e. The number of hydrogen-bond acceptors (Lipinski definition) is 4. The zero-order valence-corrected chi connectivity index (χ0v) is 14.6. The van der Waals surface area contributed by atoms with Gasteiger partial charge in [0.1, 0.15) is 4.21 Å². The zero-order valence-electron chi connectivity index (χ0n) is 12.9. The van der Waals surface area contributed by atoms with Crippen LogP contribution in [0.4, 0.5) is 0 Å². The average molecular weight is 331 g/mol. The lowest BCUT2D eigenvalue weighted by molar-refractivity contribution is 0.133. The molecule has 0 amide bonds. The van der Waals surface area contributed by atoms with Gasteiger partial charge in [-0.25, -0.2) is 13.1 Å². The van der Waals surface area contributed by atoms with Crippen LogP contribution in [0, 0.1) is 5.41 Å². The number of rotatable bonds is 9. The van der Waals surface area contributed by atoms with Gasteiger partial charge in [0.25, 0.3) is 0 Å². The van der Waals surface area contributed by atoms with Crippen molar-refractivity contribution in [2.75, 3.05) is 13.1 Å². The molecular weight excluding hydrogens is 304 g/mol. The van der Waals surface area contributed by atoms with Crippen LogP contribution < -0.4 is 10.0 Å². The van der Waals surface area contributed by atoms with Crippen molar-refractivity contribution >= 4 is 21.4 Å². The third-order valence-corrected chi connectivity index (χ3v) is 7.41. The number of thiophene rings is 1. The van der Waals surface area contributed by atoms with Crippen LogP contribution in [-0.4, -0.2) is 21.5 Å². The summed E-state index contributed by atoms with van der Waals surface area (Å²) >= 11 is 1.36. The van der Waals surface area contributed by atoms with E-state index in [1.54, 1.807) is 6.07 Å². The maximum absolute atomic E-state index is 12.4. The zero-order chi connectivity index (χ0) is 15.3. The van der Waals surface area contributed by atoms with Crippen LogP contribution in [-0.2, 0) is 16.6 Å². The molecule has 0 unspecified atom stereocenters. The third-order valence-electron chi connectivity index (χ3n) is 4.43. The first-order valence-corrected chi connectivity index (χ1v) is 10.1. The van der Waals surface area contributed by atoms with Crippen LogP contribution in [0.5, 0.6) is 0 Å². The average Bonchev–Trinajstić information content (AvgIpc) is 2.88. The standard InChI is InChI=1S/C15H26N2O2S2/c1-3-10-16-11-13-6-7-14(20-13)21(18,19)17-12-15(4-2)8-5-9-15/h6-7,16-17H,3-5,8-12H2,1-2H3. The van der Waals surface area contributed by atoms with Crippen molar-refractivity contribution in [3.8, 4) is 0 Å². The van der Waals surface area contributed by atoms with E-state index in [1.807, 2.05) is 6.07 Å². The lowest BCUT2D eigenvalue weighted by Gasteiger charge is -2.41. The van der Waals surface area contributed by atoms with Crippen molar-refractivity contribution in [1.82, 2.24) is 10.0 Å². The molecule has 1 aromatic heterocycles. The molecule has 2 N–H and O–H groups in total. The molecule has 0 saturated heterocycles. The molecule has 6 heteroatoms. The van der Waals surface area contributed by atoms with Gasteiger partial charge in [0.05, 0.1) is 0 Å². The second-order valence-electron chi connectivity index (χ2n) is 5.93. The van der Waals surface area contributed by atoms with E-state index >= 15 is 0 Å². The highest BCUT2D eigenvalue weighted by atomic mass is 32.2. The van der Waals surface area contributed by atoms with E-state index in [4.69, 9.17) is 0 Å². The van der Waals surface area contributed by atoms with Gasteiger partial charge in [0, 0.05) is 18.0 Å². The molecule has 0 aliphatic heterocycles. The van der Waals surface area contributed by atoms with Crippen LogP contribution in [0.3, 0.4) is 0 Å². The Morgan fingerprint density at radius 1 is 1.29 bits per heavy atom. The van der Waals surface area contributed by atoms with Crippen LogP contribution >= 0.6 is 11.3 Å². The molecule has 1 heterocycles. The van der Waals surface area contributed by atoms with E-state index < -0.39 is 10.0 Å². The van der Waals surface area contributed by atoms with Gasteiger partial charge in [-0.1, -0.05) is 20.3 Å². The largest absolute Gasteiger partial charge is 0.312 e. The molecule has 0 atom stereocenters. The molecule has 1 aliphatic rings. The fourth-order valence-electron chi connectivity index (χ4n) is 2.64. The van der Waals surface area contributed by atoms with Crippen LogP contribution in [0.15, 0.2) is 16.3 Å². The summed E-state index contributed by atoms with van der Waals surface area (Å²) in [4.78, 5) is 1.07. The lowest BCUT2D eigenvalue weighted by atomic mass is 9.67. The lowest BCUT2D eigenvalue weighted by Crippen LogP contribution is -2.41. The van der Waals surface area contributed by atoms with E-state index in [-0.39, 0.29) is 5.41 Å². The molecule has 21 heavy (non-hydrogen) atoms. The molecular formula is C15H26N2O2S2. The number of nitrogens with one attached hydrogen (secondary N) is 2. The minimum atomic E-state index is -3.35. The second-order valence-corrected chi connectivity index (χ2v) is 9.09. The van der Waals surface area contributed by atoms with Crippen molar-refractivity contribution in [2.24, 2.45) is 5.41 Å². The predicted molar refractivity (Wildman–Crippen MR) is 88.1 cm³/mol. The van der Waals surface area contributed by atoms with Crippen LogP contribution in [0.2, 0.25) is 0 Å². The van der Waals surface area contributed by atoms with Crippen molar-refractivity contribution in [3.63, 3.8) is 0 Å². The molecule has 120 valence electrons. The first-order valence-electron chi connectivity index (χ1n) is 7.80. The molecule has 0 spiro atoms. The Labute approximate surface area is 132 Å². The molecule has 1 aliphatic carbocycles. The van der Waals surface area contributed by atoms with Gasteiger partial charge in [-0.15, -0.1) is 11.3 Å². The molecule has 1 saturated carbocycles. The monoisotopic (exact) mass is 330 g/mol. The van der Waals surface area contributed by atoms with Gasteiger partial charge >= 0.3 is 0 Å². The molecule has 2 rings (SSSR count). The summed E-state index contributed by atoms with van der Waals surface area (Å²) in [5.41, 5.74) is 0.204. The Kier molecular flexibility index (Phi) is 5.82. The highest BCUT2D eigenvalue weighted by Crippen LogP contribution is 2.43. The predicted octanol–water partition coefficient (Wildman–Crippen LogP) is 3.11. The van der Waals surface area contributed by atoms with E-state index in [0.29, 0.717) is 10.8 Å². The topological polar surface area (TPSA) is 58.2 Å². The fraction of sp³-hybridized carbons (Fsp3) is 0.733. The molecule has 0 aromatic carbocycles. The Morgan fingerprint density at radius 2 is 2.05 bits per heavy atom. The summed E-state index contributed by atoms with van der Waals surface area (Å²) in [6.07, 6.45) is 5.64. The van der Waals surface area contributed by atoms with E-state index in [1.165, 1.54) is 17.8 Å². The Morgan fingerprint density at radius 3 is 2.62 bits per heavy atom. The summed E-state index contributed by atoms with van der Waals surface area (Å²) < 4.78 is 28.0. The maximum Gasteiger partial charge on any atom is 0.250 e. The minimum Gasteiger partial charge on any atom is -0.312 e. The molecule has 0 bridgehead atoms. The summed E-state index contributed by atoms with van der Waals surface area (Å²) in [6, 6.07) is 3.62. The van der Waals surface area contributed by atoms with E-state index in [9.17, 15) is 8.42 Å². The molecule has 1 aromatic rings. The SMILES string of the molecule is CCCNCc1ccc(S(=O)(=O)NCC2(CC)CCC2)s1. The van der Waals surface area contributed by atoms with Crippen molar-refractivity contribution in [1.29, 1.82) is 0 Å². The summed E-state index contributed by atoms with van der Waals surface area (Å²) in [6.45, 7) is 6.54. The Balaban J connectivity index is 1.93. The van der Waals surface area contributed by atoms with Gasteiger partial charge < -0.3 is 5.32 Å². The normalized spacial score (nSPS) is 17.6. The first kappa shape index (κ1) is 16.9. The van der Waals surface area contributed by atoms with E-state index in [0.717, 1.165) is 43.6 Å². The molecule has 0 radical (unpaired) electrons. The highest BCUT2D eigenvalue weighted by Gasteiger charge is 2.36. The summed E-state index contributed by atoms with van der Waals surface area (Å²) in [7, 11) is -3.35. The van der Waals surface area contributed by atoms with Gasteiger partial charge in [-0.3, -0.25) is 0 Å². The molecule has 1 fully saturated rings. The third kappa shape index (κ3) is 4.28. The summed E-state index contributed by atoms with van der Waals surface area (Å²) in [5, 5.41) is 3.29. The first-order chi connectivity index (χ1) is 10.0. The van der Waals surface area contributed by atoms with Crippen molar-refractivity contribution in [2.45, 2.75) is 56.7 Å². The van der Waals surface area contributed by atoms with Crippen LogP contribution in [0.25, 0.3) is 0 Å². The van der Waals surface area contributed by atoms with Crippen molar-refractivity contribution in [3.05, 3.63) is 17.0 Å². The minimum absolute atomic E-state index is 0.204. The Bertz CT molecular complexity index is 542. The highest BCUT2D eigenvalue weighted by molar-refractivity contribution is 7.91. The molecule has 4 nitrogen and oxygen atoms in total. The fourth-order valence-corrected chi connectivity index (χ4v) is 5.16. The van der Waals surface area contributed by atoms with Gasteiger partial charge in [0.15, 0.2) is 0 Å². The van der Waals surface area contributed by atoms with Crippen LogP contribution in [0.1, 0.15) is 50.8 Å². The quantitative estimate of drug-likeness (QED) is 0.684.